The van der Waals surface area contributed by atoms with Gasteiger partial charge in [0, 0.05) is 11.5 Å². The van der Waals surface area contributed by atoms with Crippen LogP contribution in [0.2, 0.25) is 0 Å². The Kier molecular flexibility index (Phi) is 2.36. The number of hydrogen-bond donors (Lipinski definition) is 1. The number of nitrogens with two attached hydrogens (primary N) is 1. The Labute approximate surface area is 82.1 Å². The molecule has 2 rings (SSSR count). The summed E-state index contributed by atoms with van der Waals surface area (Å²) in [7, 11) is 0. The standard InChI is InChI=1S/C9H14N2OS/c1-7-5-8(13-11-7)9(10)3-2-4-12-6-9/h5H,2-4,6,10H2,1H3. The summed E-state index contributed by atoms with van der Waals surface area (Å²) in [5.74, 6) is 0. The number of aryl methyl sites for hydroxylation is 1. The van der Waals surface area contributed by atoms with Gasteiger partial charge in [-0.15, -0.1) is 0 Å². The highest BCUT2D eigenvalue weighted by atomic mass is 32.1. The molecule has 1 aromatic heterocycles. The Bertz CT molecular complexity index is 292. The molecule has 1 fully saturated rings. The molecule has 3 nitrogen and oxygen atoms in total. The van der Waals surface area contributed by atoms with Crippen LogP contribution in [-0.2, 0) is 10.3 Å². The number of ether oxygens (including phenoxy) is 1. The van der Waals surface area contributed by atoms with E-state index in [1.807, 2.05) is 6.92 Å². The second-order valence-electron chi connectivity index (χ2n) is 3.64. The van der Waals surface area contributed by atoms with Gasteiger partial charge in [0.2, 0.25) is 0 Å². The van der Waals surface area contributed by atoms with E-state index in [1.54, 1.807) is 0 Å². The van der Waals surface area contributed by atoms with Crippen LogP contribution in [0.5, 0.6) is 0 Å². The molecule has 13 heavy (non-hydrogen) atoms. The predicted molar refractivity (Wildman–Crippen MR) is 52.8 cm³/mol. The number of aromatic nitrogens is 1. The third kappa shape index (κ3) is 1.75. The van der Waals surface area contributed by atoms with Gasteiger partial charge in [0.1, 0.15) is 0 Å². The number of rotatable bonds is 1. The Balaban J connectivity index is 2.22. The van der Waals surface area contributed by atoms with Crippen molar-refractivity contribution in [2.45, 2.75) is 25.3 Å². The topological polar surface area (TPSA) is 48.1 Å². The minimum atomic E-state index is -0.274. The van der Waals surface area contributed by atoms with Gasteiger partial charge < -0.3 is 10.5 Å². The molecule has 1 unspecified atom stereocenters. The summed E-state index contributed by atoms with van der Waals surface area (Å²) in [6.45, 7) is 3.47. The summed E-state index contributed by atoms with van der Waals surface area (Å²) in [6.07, 6.45) is 2.06. The minimum Gasteiger partial charge on any atom is -0.379 e. The fourth-order valence-electron chi connectivity index (χ4n) is 1.61. The fraction of sp³-hybridized carbons (Fsp3) is 0.667. The van der Waals surface area contributed by atoms with E-state index in [1.165, 1.54) is 11.5 Å². The van der Waals surface area contributed by atoms with Crippen LogP contribution < -0.4 is 5.73 Å². The third-order valence-electron chi connectivity index (χ3n) is 2.39. The van der Waals surface area contributed by atoms with Crippen molar-refractivity contribution in [1.82, 2.24) is 4.37 Å². The van der Waals surface area contributed by atoms with E-state index >= 15 is 0 Å². The molecular formula is C9H14N2OS. The van der Waals surface area contributed by atoms with Crippen LogP contribution in [0.25, 0.3) is 0 Å². The Morgan fingerprint density at radius 2 is 2.54 bits per heavy atom. The smallest absolute Gasteiger partial charge is 0.0757 e. The Morgan fingerprint density at radius 3 is 3.08 bits per heavy atom. The first-order chi connectivity index (χ1) is 6.21. The molecule has 0 bridgehead atoms. The first-order valence-electron chi connectivity index (χ1n) is 4.51. The SMILES string of the molecule is Cc1cc(C2(N)CCCOC2)sn1. The maximum absolute atomic E-state index is 6.24. The van der Waals surface area contributed by atoms with Gasteiger partial charge in [-0.3, -0.25) is 0 Å². The maximum atomic E-state index is 6.24. The lowest BCUT2D eigenvalue weighted by Gasteiger charge is -2.31. The lowest BCUT2D eigenvalue weighted by Crippen LogP contribution is -2.43. The van der Waals surface area contributed by atoms with Crippen molar-refractivity contribution in [1.29, 1.82) is 0 Å². The fourth-order valence-corrected chi connectivity index (χ4v) is 2.47. The Morgan fingerprint density at radius 1 is 1.69 bits per heavy atom. The molecule has 2 N–H and O–H groups in total. The van der Waals surface area contributed by atoms with E-state index in [-0.39, 0.29) is 5.54 Å². The second-order valence-corrected chi connectivity index (χ2v) is 4.45. The van der Waals surface area contributed by atoms with Crippen LogP contribution in [0.4, 0.5) is 0 Å². The zero-order valence-electron chi connectivity index (χ0n) is 7.75. The monoisotopic (exact) mass is 198 g/mol. The van der Waals surface area contributed by atoms with Gasteiger partial charge in [-0.2, -0.15) is 4.37 Å². The summed E-state index contributed by atoms with van der Waals surface area (Å²) in [4.78, 5) is 1.16. The molecule has 1 aromatic rings. The molecule has 72 valence electrons. The Hall–Kier alpha value is -0.450. The molecule has 0 saturated carbocycles. The van der Waals surface area contributed by atoms with Crippen LogP contribution in [0.1, 0.15) is 23.4 Å². The molecule has 0 aromatic carbocycles. The van der Waals surface area contributed by atoms with Crippen LogP contribution in [0.15, 0.2) is 6.07 Å². The summed E-state index contributed by atoms with van der Waals surface area (Å²) in [5, 5.41) is 0. The molecule has 4 heteroatoms. The van der Waals surface area contributed by atoms with E-state index in [9.17, 15) is 0 Å². The molecule has 2 heterocycles. The van der Waals surface area contributed by atoms with Crippen molar-refractivity contribution in [2.75, 3.05) is 13.2 Å². The number of hydrogen-bond acceptors (Lipinski definition) is 4. The molecule has 0 aliphatic carbocycles. The van der Waals surface area contributed by atoms with Crippen molar-refractivity contribution in [2.24, 2.45) is 5.73 Å². The highest BCUT2D eigenvalue weighted by molar-refractivity contribution is 7.06. The number of nitrogens with zero attached hydrogens (tertiary/aromatic N) is 1. The average Bonchev–Trinajstić information content (AvgIpc) is 2.54. The van der Waals surface area contributed by atoms with E-state index in [4.69, 9.17) is 10.5 Å². The lowest BCUT2D eigenvalue weighted by molar-refractivity contribution is 0.0381. The van der Waals surface area contributed by atoms with Gasteiger partial charge in [-0.05, 0) is 37.4 Å². The highest BCUT2D eigenvalue weighted by Gasteiger charge is 2.31. The molecule has 1 saturated heterocycles. The molecule has 0 spiro atoms. The van der Waals surface area contributed by atoms with Gasteiger partial charge in [-0.25, -0.2) is 0 Å². The van der Waals surface area contributed by atoms with E-state index in [0.717, 1.165) is 30.0 Å². The molecule has 1 atom stereocenters. The van der Waals surface area contributed by atoms with Crippen LogP contribution in [-0.4, -0.2) is 17.6 Å². The van der Waals surface area contributed by atoms with Gasteiger partial charge in [0.15, 0.2) is 0 Å². The maximum Gasteiger partial charge on any atom is 0.0757 e. The van der Waals surface area contributed by atoms with Gasteiger partial charge in [-0.1, -0.05) is 0 Å². The highest BCUT2D eigenvalue weighted by Crippen LogP contribution is 2.30. The molecule has 1 aliphatic heterocycles. The summed E-state index contributed by atoms with van der Waals surface area (Å²) in [6, 6.07) is 2.07. The molecule has 1 aliphatic rings. The van der Waals surface area contributed by atoms with Gasteiger partial charge >= 0.3 is 0 Å². The predicted octanol–water partition coefficient (Wildman–Crippen LogP) is 1.42. The van der Waals surface area contributed by atoms with E-state index in [2.05, 4.69) is 10.4 Å². The first-order valence-corrected chi connectivity index (χ1v) is 5.28. The largest absolute Gasteiger partial charge is 0.379 e. The van der Waals surface area contributed by atoms with Crippen molar-refractivity contribution >= 4 is 11.5 Å². The van der Waals surface area contributed by atoms with Crippen molar-refractivity contribution < 1.29 is 4.74 Å². The zero-order valence-corrected chi connectivity index (χ0v) is 8.56. The lowest BCUT2D eigenvalue weighted by atomic mass is 9.92. The average molecular weight is 198 g/mol. The second kappa shape index (κ2) is 3.36. The summed E-state index contributed by atoms with van der Waals surface area (Å²) < 4.78 is 9.65. The normalized spacial score (nSPS) is 29.1. The van der Waals surface area contributed by atoms with Crippen LogP contribution in [0.3, 0.4) is 0 Å². The quantitative estimate of drug-likeness (QED) is 0.742. The third-order valence-corrected chi connectivity index (χ3v) is 3.49. The van der Waals surface area contributed by atoms with Crippen molar-refractivity contribution in [3.05, 3.63) is 16.6 Å². The zero-order chi connectivity index (χ0) is 9.31. The van der Waals surface area contributed by atoms with Gasteiger partial charge in [0.25, 0.3) is 0 Å². The van der Waals surface area contributed by atoms with Gasteiger partial charge in [0.05, 0.1) is 17.8 Å². The molecule has 0 radical (unpaired) electrons. The van der Waals surface area contributed by atoms with E-state index < -0.39 is 0 Å². The van der Waals surface area contributed by atoms with Crippen LogP contribution in [0, 0.1) is 6.92 Å². The summed E-state index contributed by atoms with van der Waals surface area (Å²) >= 11 is 1.50. The van der Waals surface area contributed by atoms with Crippen molar-refractivity contribution in [3.63, 3.8) is 0 Å². The van der Waals surface area contributed by atoms with Crippen molar-refractivity contribution in [3.8, 4) is 0 Å². The summed E-state index contributed by atoms with van der Waals surface area (Å²) in [5.41, 5.74) is 7.02. The van der Waals surface area contributed by atoms with Crippen LogP contribution >= 0.6 is 11.5 Å². The molecular weight excluding hydrogens is 184 g/mol. The van der Waals surface area contributed by atoms with E-state index in [0.29, 0.717) is 6.61 Å². The molecule has 0 amide bonds. The first kappa shape index (κ1) is 9.12. The minimum absolute atomic E-state index is 0.274.